The van der Waals surface area contributed by atoms with Gasteiger partial charge in [-0.1, -0.05) is 12.1 Å². The second kappa shape index (κ2) is 11.5. The van der Waals surface area contributed by atoms with E-state index in [0.29, 0.717) is 24.3 Å². The monoisotopic (exact) mass is 391 g/mol. The van der Waals surface area contributed by atoms with Crippen molar-refractivity contribution in [2.45, 2.75) is 23.8 Å². The normalized spacial score (nSPS) is 11.7. The standard InChI is InChI=1S/C20H25NO5S/c1-27-18-10-6-16(7-11-18)21-20(24)26-19(3-2-12-22)15-4-8-17(9-5-15)25-14-13-23/h4-11,19,22-23H,2-3,12-14H2,1H3,(H,21,24)/t19-/m0/s1. The largest absolute Gasteiger partial charge is 0.491 e. The summed E-state index contributed by atoms with van der Waals surface area (Å²) >= 11 is 1.63. The van der Waals surface area contributed by atoms with E-state index in [9.17, 15) is 4.79 Å². The summed E-state index contributed by atoms with van der Waals surface area (Å²) in [6.07, 6.45) is 1.99. The highest BCUT2D eigenvalue weighted by Crippen LogP contribution is 2.26. The van der Waals surface area contributed by atoms with Crippen molar-refractivity contribution in [2.24, 2.45) is 0 Å². The van der Waals surface area contributed by atoms with Gasteiger partial charge in [-0.2, -0.15) is 0 Å². The van der Waals surface area contributed by atoms with Crippen molar-refractivity contribution >= 4 is 23.5 Å². The predicted molar refractivity (Wildman–Crippen MR) is 106 cm³/mol. The fourth-order valence-electron chi connectivity index (χ4n) is 2.46. The molecule has 0 saturated heterocycles. The Bertz CT molecular complexity index is 691. The van der Waals surface area contributed by atoms with Crippen LogP contribution in [0.15, 0.2) is 53.4 Å². The quantitative estimate of drug-likeness (QED) is 0.533. The Morgan fingerprint density at radius 1 is 1.07 bits per heavy atom. The average Bonchev–Trinajstić information content (AvgIpc) is 2.70. The minimum absolute atomic E-state index is 0.0231. The Balaban J connectivity index is 2.00. The lowest BCUT2D eigenvalue weighted by Gasteiger charge is -2.19. The molecule has 0 spiro atoms. The summed E-state index contributed by atoms with van der Waals surface area (Å²) in [6, 6.07) is 14.7. The molecule has 0 aliphatic rings. The first-order valence-electron chi connectivity index (χ1n) is 8.72. The van der Waals surface area contributed by atoms with E-state index in [1.807, 2.05) is 42.7 Å². The molecule has 0 saturated carbocycles. The van der Waals surface area contributed by atoms with Crippen molar-refractivity contribution in [3.05, 3.63) is 54.1 Å². The third-order valence-corrected chi connectivity index (χ3v) is 4.57. The molecule has 27 heavy (non-hydrogen) atoms. The average molecular weight is 391 g/mol. The Morgan fingerprint density at radius 3 is 2.37 bits per heavy atom. The van der Waals surface area contributed by atoms with Crippen molar-refractivity contribution in [3.8, 4) is 5.75 Å². The van der Waals surface area contributed by atoms with Crippen LogP contribution in [0.5, 0.6) is 5.75 Å². The second-order valence-electron chi connectivity index (χ2n) is 5.75. The molecule has 0 radical (unpaired) electrons. The zero-order valence-electron chi connectivity index (χ0n) is 15.3. The van der Waals surface area contributed by atoms with E-state index in [4.69, 9.17) is 19.7 Å². The van der Waals surface area contributed by atoms with Gasteiger partial charge < -0.3 is 19.7 Å². The second-order valence-corrected chi connectivity index (χ2v) is 6.63. The number of thioether (sulfide) groups is 1. The molecule has 1 atom stereocenters. The number of ether oxygens (including phenoxy) is 2. The molecule has 0 aliphatic heterocycles. The SMILES string of the molecule is CSc1ccc(NC(=O)O[C@@H](CCCO)c2ccc(OCCO)cc2)cc1. The topological polar surface area (TPSA) is 88.0 Å². The Morgan fingerprint density at radius 2 is 1.78 bits per heavy atom. The molecule has 0 fully saturated rings. The summed E-state index contributed by atoms with van der Waals surface area (Å²) in [7, 11) is 0. The van der Waals surface area contributed by atoms with Gasteiger partial charge in [-0.15, -0.1) is 11.8 Å². The molecule has 146 valence electrons. The van der Waals surface area contributed by atoms with Crippen molar-refractivity contribution in [2.75, 3.05) is 31.4 Å². The first-order chi connectivity index (χ1) is 13.2. The first kappa shape index (κ1) is 21.1. The molecule has 3 N–H and O–H groups in total. The summed E-state index contributed by atoms with van der Waals surface area (Å²) in [5.41, 5.74) is 1.47. The van der Waals surface area contributed by atoms with E-state index in [1.54, 1.807) is 23.9 Å². The van der Waals surface area contributed by atoms with E-state index in [2.05, 4.69) is 5.32 Å². The highest BCUT2D eigenvalue weighted by Gasteiger charge is 2.17. The van der Waals surface area contributed by atoms with Gasteiger partial charge in [0.25, 0.3) is 0 Å². The van der Waals surface area contributed by atoms with Crippen LogP contribution in [0.3, 0.4) is 0 Å². The number of aliphatic hydroxyl groups is 2. The molecule has 0 aromatic heterocycles. The molecule has 2 aromatic carbocycles. The van der Waals surface area contributed by atoms with Gasteiger partial charge in [0, 0.05) is 17.2 Å². The van der Waals surface area contributed by atoms with E-state index >= 15 is 0 Å². The van der Waals surface area contributed by atoms with Gasteiger partial charge in [-0.05, 0) is 61.1 Å². The molecule has 0 bridgehead atoms. The van der Waals surface area contributed by atoms with E-state index in [-0.39, 0.29) is 19.8 Å². The molecule has 0 aliphatic carbocycles. The number of aliphatic hydroxyl groups excluding tert-OH is 2. The predicted octanol–water partition coefficient (Wildman–Crippen LogP) is 3.84. The summed E-state index contributed by atoms with van der Waals surface area (Å²) in [6.45, 7) is 0.193. The summed E-state index contributed by atoms with van der Waals surface area (Å²) < 4.78 is 10.9. The number of rotatable bonds is 10. The molecule has 7 heteroatoms. The molecule has 6 nitrogen and oxygen atoms in total. The minimum Gasteiger partial charge on any atom is -0.491 e. The summed E-state index contributed by atoms with van der Waals surface area (Å²) in [5.74, 6) is 0.632. The Kier molecular flexibility index (Phi) is 8.97. The van der Waals surface area contributed by atoms with Crippen molar-refractivity contribution in [3.63, 3.8) is 0 Å². The molecule has 1 amide bonds. The number of benzene rings is 2. The molecular formula is C20H25NO5S. The third kappa shape index (κ3) is 7.13. The van der Waals surface area contributed by atoms with Crippen LogP contribution in [-0.4, -0.2) is 42.4 Å². The Hall–Kier alpha value is -2.22. The fourth-order valence-corrected chi connectivity index (χ4v) is 2.87. The number of anilines is 1. The lowest BCUT2D eigenvalue weighted by Crippen LogP contribution is -2.18. The number of carbonyl (C=O) groups is 1. The van der Waals surface area contributed by atoms with Crippen LogP contribution < -0.4 is 10.1 Å². The number of hydrogen-bond donors (Lipinski definition) is 3. The number of carbonyl (C=O) groups excluding carboxylic acids is 1. The van der Waals surface area contributed by atoms with Crippen LogP contribution in [-0.2, 0) is 4.74 Å². The minimum atomic E-state index is -0.546. The van der Waals surface area contributed by atoms with Gasteiger partial charge in [-0.3, -0.25) is 5.32 Å². The first-order valence-corrected chi connectivity index (χ1v) is 9.95. The van der Waals surface area contributed by atoms with E-state index in [0.717, 1.165) is 10.5 Å². The number of hydrogen-bond acceptors (Lipinski definition) is 6. The molecule has 2 rings (SSSR count). The Labute approximate surface area is 163 Å². The van der Waals surface area contributed by atoms with Crippen molar-refractivity contribution in [1.82, 2.24) is 0 Å². The fraction of sp³-hybridized carbons (Fsp3) is 0.350. The highest BCUT2D eigenvalue weighted by molar-refractivity contribution is 7.98. The molecule has 0 unspecified atom stereocenters. The molecule has 2 aromatic rings. The maximum atomic E-state index is 12.3. The summed E-state index contributed by atoms with van der Waals surface area (Å²) in [4.78, 5) is 13.4. The summed E-state index contributed by atoms with van der Waals surface area (Å²) in [5, 5.41) is 20.6. The maximum Gasteiger partial charge on any atom is 0.412 e. The van der Waals surface area contributed by atoms with Gasteiger partial charge in [0.05, 0.1) is 6.61 Å². The van der Waals surface area contributed by atoms with E-state index < -0.39 is 12.2 Å². The van der Waals surface area contributed by atoms with Crippen molar-refractivity contribution in [1.29, 1.82) is 0 Å². The van der Waals surface area contributed by atoms with Crippen LogP contribution in [0.1, 0.15) is 24.5 Å². The van der Waals surface area contributed by atoms with E-state index in [1.165, 1.54) is 0 Å². The van der Waals surface area contributed by atoms with Gasteiger partial charge in [-0.25, -0.2) is 4.79 Å². The van der Waals surface area contributed by atoms with Crippen LogP contribution >= 0.6 is 11.8 Å². The molecular weight excluding hydrogens is 366 g/mol. The third-order valence-electron chi connectivity index (χ3n) is 3.82. The maximum absolute atomic E-state index is 12.3. The zero-order valence-corrected chi connectivity index (χ0v) is 16.1. The van der Waals surface area contributed by atoms with Crippen LogP contribution in [0.25, 0.3) is 0 Å². The van der Waals surface area contributed by atoms with Crippen LogP contribution in [0.2, 0.25) is 0 Å². The lowest BCUT2D eigenvalue weighted by atomic mass is 10.0. The van der Waals surface area contributed by atoms with Gasteiger partial charge in [0.2, 0.25) is 0 Å². The highest BCUT2D eigenvalue weighted by atomic mass is 32.2. The zero-order chi connectivity index (χ0) is 19.5. The smallest absolute Gasteiger partial charge is 0.412 e. The number of nitrogens with one attached hydrogen (secondary N) is 1. The van der Waals surface area contributed by atoms with Gasteiger partial charge in [0.1, 0.15) is 18.5 Å². The lowest BCUT2D eigenvalue weighted by molar-refractivity contribution is 0.0994. The number of amides is 1. The van der Waals surface area contributed by atoms with Gasteiger partial charge >= 0.3 is 6.09 Å². The van der Waals surface area contributed by atoms with Crippen molar-refractivity contribution < 1.29 is 24.5 Å². The molecule has 0 heterocycles. The van der Waals surface area contributed by atoms with Crippen LogP contribution in [0.4, 0.5) is 10.5 Å². The van der Waals surface area contributed by atoms with Gasteiger partial charge in [0.15, 0.2) is 0 Å². The van der Waals surface area contributed by atoms with Crippen LogP contribution in [0, 0.1) is 0 Å².